The van der Waals surface area contributed by atoms with Crippen molar-refractivity contribution in [3.8, 4) is 0 Å². The van der Waals surface area contributed by atoms with E-state index < -0.39 is 11.7 Å². The lowest BCUT2D eigenvalue weighted by molar-refractivity contribution is -0.364. The van der Waals surface area contributed by atoms with Gasteiger partial charge in [0.25, 0.3) is 5.82 Å². The third-order valence-electron chi connectivity index (χ3n) is 1.99. The summed E-state index contributed by atoms with van der Waals surface area (Å²) in [6, 6.07) is 2.46. The molecule has 5 heteroatoms. The number of hydrogen-bond acceptors (Lipinski definition) is 1. The van der Waals surface area contributed by atoms with Crippen LogP contribution < -0.4 is 10.3 Å². The van der Waals surface area contributed by atoms with Crippen molar-refractivity contribution in [1.29, 1.82) is 0 Å². The first kappa shape index (κ1) is 11.8. The van der Waals surface area contributed by atoms with Crippen LogP contribution in [0.3, 0.4) is 0 Å². The fourth-order valence-electron chi connectivity index (χ4n) is 1.11. The SMILES string of the molecule is CCCCNc1ccc(C(F)(F)F)c[nH+]1. The number of aromatic nitrogens is 1. The Morgan fingerprint density at radius 1 is 1.33 bits per heavy atom. The molecule has 1 heterocycles. The minimum atomic E-state index is -4.28. The molecule has 1 aromatic heterocycles. The minimum Gasteiger partial charge on any atom is -0.275 e. The van der Waals surface area contributed by atoms with Gasteiger partial charge in [0, 0.05) is 6.07 Å². The normalized spacial score (nSPS) is 11.5. The van der Waals surface area contributed by atoms with E-state index in [4.69, 9.17) is 0 Å². The Labute approximate surface area is 86.5 Å². The highest BCUT2D eigenvalue weighted by atomic mass is 19.4. The predicted molar refractivity (Wildman–Crippen MR) is 51.4 cm³/mol. The second-order valence-electron chi connectivity index (χ2n) is 3.27. The van der Waals surface area contributed by atoms with Gasteiger partial charge in [-0.3, -0.25) is 5.32 Å². The summed E-state index contributed by atoms with van der Waals surface area (Å²) in [7, 11) is 0. The molecule has 0 spiro atoms. The number of nitrogens with one attached hydrogen (secondary N) is 2. The van der Waals surface area contributed by atoms with E-state index in [0.29, 0.717) is 5.82 Å². The van der Waals surface area contributed by atoms with E-state index in [1.807, 2.05) is 0 Å². The van der Waals surface area contributed by atoms with Crippen molar-refractivity contribution in [1.82, 2.24) is 0 Å². The molecule has 0 fully saturated rings. The van der Waals surface area contributed by atoms with Crippen LogP contribution in [0.4, 0.5) is 19.0 Å². The Morgan fingerprint density at radius 3 is 2.53 bits per heavy atom. The molecule has 2 N–H and O–H groups in total. The van der Waals surface area contributed by atoms with Crippen molar-refractivity contribution < 1.29 is 18.2 Å². The third-order valence-corrected chi connectivity index (χ3v) is 1.99. The quantitative estimate of drug-likeness (QED) is 0.774. The van der Waals surface area contributed by atoms with Crippen LogP contribution >= 0.6 is 0 Å². The maximum atomic E-state index is 12.2. The van der Waals surface area contributed by atoms with Gasteiger partial charge in [-0.25, -0.2) is 4.98 Å². The summed E-state index contributed by atoms with van der Waals surface area (Å²) in [5, 5.41) is 3.00. The predicted octanol–water partition coefficient (Wildman–Crippen LogP) is 2.73. The summed E-state index contributed by atoms with van der Waals surface area (Å²) in [5.41, 5.74) is -0.663. The molecular formula is C10H14F3N2+. The van der Waals surface area contributed by atoms with Crippen LogP contribution in [0, 0.1) is 0 Å². The van der Waals surface area contributed by atoms with Gasteiger partial charge in [-0.2, -0.15) is 13.2 Å². The van der Waals surface area contributed by atoms with Crippen molar-refractivity contribution in [2.75, 3.05) is 11.9 Å². The molecule has 0 aliphatic carbocycles. The zero-order valence-electron chi connectivity index (χ0n) is 8.49. The zero-order valence-corrected chi connectivity index (χ0v) is 8.49. The van der Waals surface area contributed by atoms with Gasteiger partial charge in [0.2, 0.25) is 0 Å². The second kappa shape index (κ2) is 5.00. The van der Waals surface area contributed by atoms with Gasteiger partial charge in [0.1, 0.15) is 6.20 Å². The molecule has 0 unspecified atom stereocenters. The number of hydrogen-bond donors (Lipinski definition) is 1. The molecule has 0 atom stereocenters. The van der Waals surface area contributed by atoms with Gasteiger partial charge in [-0.1, -0.05) is 13.3 Å². The Kier molecular flexibility index (Phi) is 3.94. The van der Waals surface area contributed by atoms with Gasteiger partial charge in [-0.05, 0) is 12.5 Å². The monoisotopic (exact) mass is 219 g/mol. The average Bonchev–Trinajstić information content (AvgIpc) is 2.18. The summed E-state index contributed by atoms with van der Waals surface area (Å²) in [6.45, 7) is 2.82. The van der Waals surface area contributed by atoms with Crippen LogP contribution in [0.5, 0.6) is 0 Å². The van der Waals surface area contributed by atoms with Gasteiger partial charge in [0.05, 0.1) is 12.1 Å². The molecule has 0 saturated carbocycles. The van der Waals surface area contributed by atoms with Crippen molar-refractivity contribution >= 4 is 5.82 Å². The number of halogens is 3. The summed E-state index contributed by atoms with van der Waals surface area (Å²) in [4.78, 5) is 2.57. The average molecular weight is 219 g/mol. The fourth-order valence-corrected chi connectivity index (χ4v) is 1.11. The summed E-state index contributed by atoms with van der Waals surface area (Å²) in [5.74, 6) is 0.608. The first-order valence-electron chi connectivity index (χ1n) is 4.87. The summed E-state index contributed by atoms with van der Waals surface area (Å²) in [6.07, 6.45) is -1.27. The number of alkyl halides is 3. The highest BCUT2D eigenvalue weighted by Crippen LogP contribution is 2.27. The number of aromatic amines is 1. The van der Waals surface area contributed by atoms with Crippen LogP contribution in [0.2, 0.25) is 0 Å². The molecule has 0 amide bonds. The lowest BCUT2D eigenvalue weighted by Gasteiger charge is -2.04. The van der Waals surface area contributed by atoms with E-state index >= 15 is 0 Å². The van der Waals surface area contributed by atoms with Gasteiger partial charge >= 0.3 is 6.18 Å². The molecule has 1 aromatic rings. The number of anilines is 1. The molecule has 1 rings (SSSR count). The van der Waals surface area contributed by atoms with Crippen molar-refractivity contribution in [3.63, 3.8) is 0 Å². The number of pyridine rings is 1. The maximum Gasteiger partial charge on any atom is 0.419 e. The Balaban J connectivity index is 2.57. The molecular weight excluding hydrogens is 205 g/mol. The molecule has 0 aliphatic heterocycles. The van der Waals surface area contributed by atoms with Crippen LogP contribution in [-0.4, -0.2) is 6.54 Å². The van der Waals surface area contributed by atoms with Crippen molar-refractivity contribution in [2.24, 2.45) is 0 Å². The van der Waals surface area contributed by atoms with Crippen molar-refractivity contribution in [3.05, 3.63) is 23.9 Å². The number of H-pyrrole nitrogens is 1. The molecule has 15 heavy (non-hydrogen) atoms. The lowest BCUT2D eigenvalue weighted by atomic mass is 10.3. The number of unbranched alkanes of at least 4 members (excludes halogenated alkanes) is 1. The molecule has 0 aliphatic rings. The smallest absolute Gasteiger partial charge is 0.275 e. The first-order valence-corrected chi connectivity index (χ1v) is 4.87. The largest absolute Gasteiger partial charge is 0.419 e. The van der Waals surface area contributed by atoms with Crippen LogP contribution in [0.25, 0.3) is 0 Å². The van der Waals surface area contributed by atoms with E-state index in [1.165, 1.54) is 6.07 Å². The second-order valence-corrected chi connectivity index (χ2v) is 3.27. The topological polar surface area (TPSA) is 26.2 Å². The van der Waals surface area contributed by atoms with Gasteiger partial charge < -0.3 is 0 Å². The molecule has 84 valence electrons. The van der Waals surface area contributed by atoms with Crippen LogP contribution in [0.15, 0.2) is 18.3 Å². The highest BCUT2D eigenvalue weighted by Gasteiger charge is 2.31. The fraction of sp³-hybridized carbons (Fsp3) is 0.500. The molecule has 0 saturated heterocycles. The zero-order chi connectivity index (χ0) is 11.3. The Morgan fingerprint density at radius 2 is 2.07 bits per heavy atom. The molecule has 0 bridgehead atoms. The minimum absolute atomic E-state index is 0.608. The van der Waals surface area contributed by atoms with Crippen LogP contribution in [-0.2, 0) is 6.18 Å². The van der Waals surface area contributed by atoms with Crippen molar-refractivity contribution in [2.45, 2.75) is 25.9 Å². The van der Waals surface area contributed by atoms with E-state index in [1.54, 1.807) is 0 Å². The van der Waals surface area contributed by atoms with Gasteiger partial charge in [0.15, 0.2) is 0 Å². The molecule has 2 nitrogen and oxygen atoms in total. The van der Waals surface area contributed by atoms with Crippen LogP contribution in [0.1, 0.15) is 25.3 Å². The molecule has 0 aromatic carbocycles. The maximum absolute atomic E-state index is 12.2. The highest BCUT2D eigenvalue weighted by molar-refractivity contribution is 5.29. The Hall–Kier alpha value is -1.26. The van der Waals surface area contributed by atoms with Gasteiger partial charge in [-0.15, -0.1) is 0 Å². The lowest BCUT2D eigenvalue weighted by Crippen LogP contribution is -2.17. The Bertz CT molecular complexity index is 293. The van der Waals surface area contributed by atoms with E-state index in [2.05, 4.69) is 17.2 Å². The first-order chi connectivity index (χ1) is 7.04. The standard InChI is InChI=1S/C10H13F3N2/c1-2-3-6-14-9-5-4-8(7-15-9)10(11,12)13/h4-5,7H,2-3,6H2,1H3,(H,14,15)/p+1. The number of rotatable bonds is 4. The third kappa shape index (κ3) is 3.77. The molecule has 0 radical (unpaired) electrons. The van der Waals surface area contributed by atoms with E-state index in [-0.39, 0.29) is 0 Å². The van der Waals surface area contributed by atoms with E-state index in [9.17, 15) is 13.2 Å². The summed E-state index contributed by atoms with van der Waals surface area (Å²) < 4.78 is 36.6. The summed E-state index contributed by atoms with van der Waals surface area (Å²) >= 11 is 0. The van der Waals surface area contributed by atoms with E-state index in [0.717, 1.165) is 31.6 Å².